The molecule has 4 heteroatoms. The first kappa shape index (κ1) is 18.4. The van der Waals surface area contributed by atoms with Crippen molar-refractivity contribution in [2.75, 3.05) is 39.9 Å². The van der Waals surface area contributed by atoms with Crippen LogP contribution in [0, 0.1) is 25.2 Å². The Bertz CT molecular complexity index is 600. The molecule has 2 aliphatic rings. The molecule has 0 N–H and O–H groups in total. The number of carbonyl (C=O) groups excluding carboxylic acids is 1. The van der Waals surface area contributed by atoms with E-state index in [2.05, 4.69) is 36.9 Å². The molecule has 3 rings (SSSR count). The van der Waals surface area contributed by atoms with Gasteiger partial charge >= 0.3 is 0 Å². The maximum Gasteiger partial charge on any atom is 0.219 e. The zero-order valence-corrected chi connectivity index (χ0v) is 16.2. The summed E-state index contributed by atoms with van der Waals surface area (Å²) in [6.07, 6.45) is 2.32. The van der Waals surface area contributed by atoms with Crippen LogP contribution in [0.4, 0.5) is 0 Å². The van der Waals surface area contributed by atoms with Crippen LogP contribution in [-0.2, 0) is 16.1 Å². The molecule has 1 atom stereocenters. The van der Waals surface area contributed by atoms with Gasteiger partial charge in [0.25, 0.3) is 0 Å². The van der Waals surface area contributed by atoms with E-state index in [1.165, 1.54) is 16.7 Å². The van der Waals surface area contributed by atoms with Crippen LogP contribution in [0.2, 0.25) is 0 Å². The predicted molar refractivity (Wildman–Crippen MR) is 100 cm³/mol. The van der Waals surface area contributed by atoms with Crippen molar-refractivity contribution in [3.05, 3.63) is 34.9 Å². The smallest absolute Gasteiger partial charge is 0.219 e. The molecule has 0 aromatic heterocycles. The molecule has 0 bridgehead atoms. The summed E-state index contributed by atoms with van der Waals surface area (Å²) in [4.78, 5) is 16.5. The number of likely N-dealkylation sites (tertiary alicyclic amines) is 2. The van der Waals surface area contributed by atoms with Gasteiger partial charge in [-0.05, 0) is 50.8 Å². The number of nitrogens with zero attached hydrogens (tertiary/aromatic N) is 2. The van der Waals surface area contributed by atoms with Gasteiger partial charge in [-0.2, -0.15) is 0 Å². The van der Waals surface area contributed by atoms with Crippen LogP contribution < -0.4 is 0 Å². The van der Waals surface area contributed by atoms with E-state index in [4.69, 9.17) is 4.74 Å². The molecule has 1 aromatic rings. The average molecular weight is 344 g/mol. The Kier molecular flexibility index (Phi) is 5.49. The van der Waals surface area contributed by atoms with Crippen molar-refractivity contribution in [3.63, 3.8) is 0 Å². The lowest BCUT2D eigenvalue weighted by Gasteiger charge is -2.42. The fourth-order valence-electron chi connectivity index (χ4n) is 4.85. The van der Waals surface area contributed by atoms with Crippen LogP contribution in [0.5, 0.6) is 0 Å². The maximum atomic E-state index is 11.9. The summed E-state index contributed by atoms with van der Waals surface area (Å²) in [5, 5.41) is 0. The molecule has 2 saturated heterocycles. The Morgan fingerprint density at radius 1 is 1.20 bits per heavy atom. The number of methoxy groups -OCH3 is 1. The van der Waals surface area contributed by atoms with Gasteiger partial charge in [0.05, 0.1) is 6.61 Å². The molecular formula is C21H32N2O2. The number of amides is 1. The van der Waals surface area contributed by atoms with Crippen LogP contribution in [0.25, 0.3) is 0 Å². The predicted octanol–water partition coefficient (Wildman–Crippen LogP) is 3.01. The van der Waals surface area contributed by atoms with Crippen LogP contribution in [0.3, 0.4) is 0 Å². The Hall–Kier alpha value is -1.39. The van der Waals surface area contributed by atoms with Crippen molar-refractivity contribution in [1.82, 2.24) is 9.80 Å². The van der Waals surface area contributed by atoms with Crippen LogP contribution >= 0.6 is 0 Å². The summed E-state index contributed by atoms with van der Waals surface area (Å²) < 4.78 is 5.48. The van der Waals surface area contributed by atoms with E-state index in [-0.39, 0.29) is 11.3 Å². The third kappa shape index (κ3) is 4.06. The Morgan fingerprint density at radius 2 is 1.84 bits per heavy atom. The number of piperidine rings is 1. The van der Waals surface area contributed by atoms with Gasteiger partial charge in [0.2, 0.25) is 5.91 Å². The number of carbonyl (C=O) groups is 1. The number of hydrogen-bond donors (Lipinski definition) is 0. The maximum absolute atomic E-state index is 11.9. The van der Waals surface area contributed by atoms with Gasteiger partial charge in [-0.3, -0.25) is 9.69 Å². The fourth-order valence-corrected chi connectivity index (χ4v) is 4.85. The molecule has 2 heterocycles. The lowest BCUT2D eigenvalue weighted by atomic mass is 9.71. The standard InChI is InChI=1S/C21H32N2O2/c1-16-9-17(2)11-19(10-16)12-22-7-5-21(6-8-22)15-23(18(3)24)13-20(21)14-25-4/h9-11,20H,5-8,12-15H2,1-4H3. The SMILES string of the molecule is COCC1CN(C(C)=O)CC12CCN(Cc1cc(C)cc(C)c1)CC2. The van der Waals surface area contributed by atoms with Crippen LogP contribution in [-0.4, -0.2) is 55.6 Å². The van der Waals surface area contributed by atoms with Crippen molar-refractivity contribution >= 4 is 5.91 Å². The van der Waals surface area contributed by atoms with E-state index < -0.39 is 0 Å². The lowest BCUT2D eigenvalue weighted by Crippen LogP contribution is -2.45. The fraction of sp³-hybridized carbons (Fsp3) is 0.667. The number of aryl methyl sites for hydroxylation is 2. The quantitative estimate of drug-likeness (QED) is 0.842. The Balaban J connectivity index is 1.64. The normalized spacial score (nSPS) is 23.4. The first-order chi connectivity index (χ1) is 11.9. The van der Waals surface area contributed by atoms with Gasteiger partial charge in [-0.15, -0.1) is 0 Å². The number of rotatable bonds is 4. The molecule has 4 nitrogen and oxygen atoms in total. The first-order valence-corrected chi connectivity index (χ1v) is 9.46. The monoisotopic (exact) mass is 344 g/mol. The number of hydrogen-bond acceptors (Lipinski definition) is 3. The summed E-state index contributed by atoms with van der Waals surface area (Å²) in [5.74, 6) is 0.681. The third-order valence-electron chi connectivity index (χ3n) is 6.17. The Labute approximate surface area is 152 Å². The first-order valence-electron chi connectivity index (χ1n) is 9.46. The molecule has 1 amide bonds. The van der Waals surface area contributed by atoms with Crippen LogP contribution in [0.1, 0.15) is 36.5 Å². The van der Waals surface area contributed by atoms with E-state index >= 15 is 0 Å². The minimum atomic E-state index is 0.204. The second-order valence-electron chi connectivity index (χ2n) is 8.19. The van der Waals surface area contributed by atoms with E-state index in [0.717, 1.165) is 52.2 Å². The zero-order valence-electron chi connectivity index (χ0n) is 16.2. The van der Waals surface area contributed by atoms with Crippen molar-refractivity contribution in [1.29, 1.82) is 0 Å². The molecule has 2 aliphatic heterocycles. The molecule has 0 aliphatic carbocycles. The summed E-state index contributed by atoms with van der Waals surface area (Å²) >= 11 is 0. The number of benzene rings is 1. The van der Waals surface area contributed by atoms with Gasteiger partial charge in [0, 0.05) is 39.6 Å². The van der Waals surface area contributed by atoms with Gasteiger partial charge in [-0.1, -0.05) is 29.3 Å². The molecule has 25 heavy (non-hydrogen) atoms. The topological polar surface area (TPSA) is 32.8 Å². The van der Waals surface area contributed by atoms with Crippen molar-refractivity contribution in [3.8, 4) is 0 Å². The van der Waals surface area contributed by atoms with Crippen molar-refractivity contribution in [2.24, 2.45) is 11.3 Å². The molecule has 1 unspecified atom stereocenters. The van der Waals surface area contributed by atoms with Gasteiger partial charge in [0.1, 0.15) is 0 Å². The molecule has 2 fully saturated rings. The minimum Gasteiger partial charge on any atom is -0.384 e. The van der Waals surface area contributed by atoms with Gasteiger partial charge in [-0.25, -0.2) is 0 Å². The average Bonchev–Trinajstić information content (AvgIpc) is 2.88. The van der Waals surface area contributed by atoms with E-state index in [9.17, 15) is 4.79 Å². The highest BCUT2D eigenvalue weighted by Gasteiger charge is 2.48. The summed E-state index contributed by atoms with van der Waals surface area (Å²) in [5.41, 5.74) is 4.35. The van der Waals surface area contributed by atoms with E-state index in [1.807, 2.05) is 4.90 Å². The van der Waals surface area contributed by atoms with Crippen molar-refractivity contribution in [2.45, 2.75) is 40.2 Å². The highest BCUT2D eigenvalue weighted by Crippen LogP contribution is 2.45. The summed E-state index contributed by atoms with van der Waals surface area (Å²) in [6.45, 7) is 11.8. The molecular weight excluding hydrogens is 312 g/mol. The van der Waals surface area contributed by atoms with Gasteiger partial charge < -0.3 is 9.64 Å². The molecule has 0 radical (unpaired) electrons. The number of ether oxygens (including phenoxy) is 1. The highest BCUT2D eigenvalue weighted by molar-refractivity contribution is 5.73. The molecule has 0 saturated carbocycles. The van der Waals surface area contributed by atoms with Crippen LogP contribution in [0.15, 0.2) is 18.2 Å². The lowest BCUT2D eigenvalue weighted by molar-refractivity contribution is -0.128. The second kappa shape index (κ2) is 7.46. The summed E-state index contributed by atoms with van der Waals surface area (Å²) in [7, 11) is 1.78. The molecule has 138 valence electrons. The Morgan fingerprint density at radius 3 is 2.40 bits per heavy atom. The van der Waals surface area contributed by atoms with E-state index in [1.54, 1.807) is 14.0 Å². The van der Waals surface area contributed by atoms with Crippen molar-refractivity contribution < 1.29 is 9.53 Å². The van der Waals surface area contributed by atoms with Gasteiger partial charge in [0.15, 0.2) is 0 Å². The largest absolute Gasteiger partial charge is 0.384 e. The van der Waals surface area contributed by atoms with E-state index in [0.29, 0.717) is 5.92 Å². The molecule has 1 aromatic carbocycles. The third-order valence-corrected chi connectivity index (χ3v) is 6.17. The second-order valence-corrected chi connectivity index (χ2v) is 8.19. The zero-order chi connectivity index (χ0) is 18.0. The highest BCUT2D eigenvalue weighted by atomic mass is 16.5. The molecule has 1 spiro atoms. The summed E-state index contributed by atoms with van der Waals surface area (Å²) in [6, 6.07) is 6.84. The minimum absolute atomic E-state index is 0.204.